The highest BCUT2D eigenvalue weighted by molar-refractivity contribution is 5.98. The molecule has 2 heterocycles. The van der Waals surface area contributed by atoms with Gasteiger partial charge in [0.1, 0.15) is 11.4 Å². The summed E-state index contributed by atoms with van der Waals surface area (Å²) in [7, 11) is 0. The number of hydrogen-bond donors (Lipinski definition) is 1. The van der Waals surface area contributed by atoms with Crippen LogP contribution in [-0.4, -0.2) is 33.8 Å². The molecule has 1 aromatic rings. The number of carbonyl (C=O) groups excluding carboxylic acids is 2. The molecule has 1 saturated heterocycles. The van der Waals surface area contributed by atoms with Gasteiger partial charge in [0.25, 0.3) is 0 Å². The Balaban J connectivity index is 1.81. The van der Waals surface area contributed by atoms with E-state index in [0.717, 1.165) is 25.5 Å². The molecule has 2 amide bonds. The summed E-state index contributed by atoms with van der Waals surface area (Å²) >= 11 is 0. The molecule has 5 nitrogen and oxygen atoms in total. The first-order valence-electron chi connectivity index (χ1n) is 7.29. The second-order valence-corrected chi connectivity index (χ2v) is 5.86. The smallest absolute Gasteiger partial charge is 0.249 e. The number of hydrogen-bond acceptors (Lipinski definition) is 3. The van der Waals surface area contributed by atoms with Crippen molar-refractivity contribution in [1.82, 2.24) is 15.2 Å². The van der Waals surface area contributed by atoms with Crippen LogP contribution < -0.4 is 5.32 Å². The Morgan fingerprint density at radius 3 is 2.71 bits per heavy atom. The van der Waals surface area contributed by atoms with Gasteiger partial charge in [-0.1, -0.05) is 19.3 Å². The molecular weight excluding hydrogens is 273 g/mol. The van der Waals surface area contributed by atoms with Crippen LogP contribution in [0.5, 0.6) is 0 Å². The second-order valence-electron chi connectivity index (χ2n) is 5.86. The van der Waals surface area contributed by atoms with Crippen molar-refractivity contribution in [3.8, 4) is 0 Å². The van der Waals surface area contributed by atoms with Crippen LogP contribution in [0.3, 0.4) is 0 Å². The zero-order chi connectivity index (χ0) is 14.9. The van der Waals surface area contributed by atoms with E-state index < -0.39 is 11.4 Å². The first kappa shape index (κ1) is 14.0. The van der Waals surface area contributed by atoms with Gasteiger partial charge in [-0.05, 0) is 24.5 Å². The Morgan fingerprint density at radius 1 is 1.24 bits per heavy atom. The minimum Gasteiger partial charge on any atom is -0.340 e. The van der Waals surface area contributed by atoms with Crippen LogP contribution in [0.25, 0.3) is 0 Å². The van der Waals surface area contributed by atoms with Gasteiger partial charge in [-0.3, -0.25) is 14.6 Å². The normalized spacial score (nSPS) is 21.5. The standard InChI is InChI=1S/C15H18FN3O2/c16-12-6-11(7-17-8-12)9-19-10-13(20)18-15(14(19)21)4-2-1-3-5-15/h6-8H,1-5,9-10H2,(H,18,20). The number of carbonyl (C=O) groups is 2. The molecule has 6 heteroatoms. The third kappa shape index (κ3) is 2.75. The van der Waals surface area contributed by atoms with Crippen molar-refractivity contribution >= 4 is 11.8 Å². The Hall–Kier alpha value is -1.98. The van der Waals surface area contributed by atoms with E-state index in [-0.39, 0.29) is 24.9 Å². The molecule has 1 aliphatic carbocycles. The molecular formula is C15H18FN3O2. The lowest BCUT2D eigenvalue weighted by Gasteiger charge is -2.44. The fourth-order valence-corrected chi connectivity index (χ4v) is 3.29. The van der Waals surface area contributed by atoms with Crippen LogP contribution in [0.4, 0.5) is 4.39 Å². The van der Waals surface area contributed by atoms with Crippen molar-refractivity contribution in [1.29, 1.82) is 0 Å². The predicted molar refractivity (Wildman–Crippen MR) is 73.6 cm³/mol. The average Bonchev–Trinajstić information content (AvgIpc) is 2.45. The molecule has 21 heavy (non-hydrogen) atoms. The molecule has 0 unspecified atom stereocenters. The minimum atomic E-state index is -0.742. The van der Waals surface area contributed by atoms with Gasteiger partial charge >= 0.3 is 0 Å². The van der Waals surface area contributed by atoms with Crippen LogP contribution in [0.15, 0.2) is 18.5 Å². The van der Waals surface area contributed by atoms with Crippen molar-refractivity contribution in [2.45, 2.75) is 44.2 Å². The lowest BCUT2D eigenvalue weighted by Crippen LogP contribution is -2.66. The SMILES string of the molecule is O=C1CN(Cc2cncc(F)c2)C(=O)C2(CCCCC2)N1. The molecule has 1 aliphatic heterocycles. The fraction of sp³-hybridized carbons (Fsp3) is 0.533. The van der Waals surface area contributed by atoms with Gasteiger partial charge in [-0.2, -0.15) is 0 Å². The number of piperazine rings is 1. The highest BCUT2D eigenvalue weighted by Gasteiger charge is 2.46. The molecule has 2 aliphatic rings. The first-order chi connectivity index (χ1) is 10.1. The summed E-state index contributed by atoms with van der Waals surface area (Å²) in [5, 5.41) is 2.89. The molecule has 1 spiro atoms. The highest BCUT2D eigenvalue weighted by Crippen LogP contribution is 2.32. The number of aromatic nitrogens is 1. The van der Waals surface area contributed by atoms with Gasteiger partial charge < -0.3 is 10.2 Å². The van der Waals surface area contributed by atoms with E-state index in [9.17, 15) is 14.0 Å². The monoisotopic (exact) mass is 291 g/mol. The topological polar surface area (TPSA) is 62.3 Å². The number of rotatable bonds is 2. The average molecular weight is 291 g/mol. The number of nitrogens with zero attached hydrogens (tertiary/aromatic N) is 2. The second kappa shape index (κ2) is 5.42. The Morgan fingerprint density at radius 2 is 2.00 bits per heavy atom. The fourth-order valence-electron chi connectivity index (χ4n) is 3.29. The zero-order valence-corrected chi connectivity index (χ0v) is 11.8. The maximum Gasteiger partial charge on any atom is 0.249 e. The van der Waals surface area contributed by atoms with Gasteiger partial charge in [0.05, 0.1) is 12.7 Å². The molecule has 112 valence electrons. The van der Waals surface area contributed by atoms with Gasteiger partial charge in [-0.15, -0.1) is 0 Å². The largest absolute Gasteiger partial charge is 0.340 e. The lowest BCUT2D eigenvalue weighted by atomic mass is 9.79. The summed E-state index contributed by atoms with van der Waals surface area (Å²) in [4.78, 5) is 30.0. The van der Waals surface area contributed by atoms with Crippen LogP contribution in [0, 0.1) is 5.82 Å². The van der Waals surface area contributed by atoms with E-state index in [4.69, 9.17) is 0 Å². The van der Waals surface area contributed by atoms with Crippen molar-refractivity contribution in [2.24, 2.45) is 0 Å². The van der Waals surface area contributed by atoms with E-state index in [2.05, 4.69) is 10.3 Å². The first-order valence-corrected chi connectivity index (χ1v) is 7.29. The van der Waals surface area contributed by atoms with Crippen molar-refractivity contribution < 1.29 is 14.0 Å². The van der Waals surface area contributed by atoms with Gasteiger partial charge in [0.2, 0.25) is 11.8 Å². The third-order valence-corrected chi connectivity index (χ3v) is 4.25. The summed E-state index contributed by atoms with van der Waals surface area (Å²) < 4.78 is 13.2. The number of halogens is 1. The van der Waals surface area contributed by atoms with E-state index in [1.165, 1.54) is 17.2 Å². The molecule has 3 rings (SSSR count). The molecule has 0 bridgehead atoms. The van der Waals surface area contributed by atoms with E-state index >= 15 is 0 Å². The van der Waals surface area contributed by atoms with Crippen LogP contribution >= 0.6 is 0 Å². The number of amides is 2. The maximum absolute atomic E-state index is 13.2. The van der Waals surface area contributed by atoms with Gasteiger partial charge in [0.15, 0.2) is 0 Å². The molecule has 1 aromatic heterocycles. The Labute approximate surface area is 122 Å². The molecule has 0 aromatic carbocycles. The van der Waals surface area contributed by atoms with E-state index in [1.807, 2.05) is 0 Å². The zero-order valence-electron chi connectivity index (χ0n) is 11.8. The summed E-state index contributed by atoms with van der Waals surface area (Å²) in [6, 6.07) is 1.35. The number of pyridine rings is 1. The van der Waals surface area contributed by atoms with Crippen LogP contribution in [0.2, 0.25) is 0 Å². The quantitative estimate of drug-likeness (QED) is 0.895. The number of nitrogens with one attached hydrogen (secondary N) is 1. The molecule has 1 N–H and O–H groups in total. The van der Waals surface area contributed by atoms with E-state index in [1.54, 1.807) is 0 Å². The third-order valence-electron chi connectivity index (χ3n) is 4.25. The van der Waals surface area contributed by atoms with Crippen molar-refractivity contribution in [3.05, 3.63) is 29.8 Å². The van der Waals surface area contributed by atoms with Gasteiger partial charge in [-0.25, -0.2) is 4.39 Å². The molecule has 1 saturated carbocycles. The van der Waals surface area contributed by atoms with Crippen LogP contribution in [0.1, 0.15) is 37.7 Å². The Kier molecular flexibility index (Phi) is 3.61. The molecule has 0 atom stereocenters. The molecule has 0 radical (unpaired) electrons. The lowest BCUT2D eigenvalue weighted by molar-refractivity contribution is -0.152. The predicted octanol–water partition coefficient (Wildman–Crippen LogP) is 1.38. The van der Waals surface area contributed by atoms with Crippen LogP contribution in [-0.2, 0) is 16.1 Å². The Bertz CT molecular complexity index is 570. The van der Waals surface area contributed by atoms with E-state index in [0.29, 0.717) is 18.4 Å². The van der Waals surface area contributed by atoms with Gasteiger partial charge in [0, 0.05) is 12.7 Å². The summed E-state index contributed by atoms with van der Waals surface area (Å²) in [5.41, 5.74) is -0.141. The molecule has 2 fully saturated rings. The summed E-state index contributed by atoms with van der Waals surface area (Å²) in [5.74, 6) is -0.624. The highest BCUT2D eigenvalue weighted by atomic mass is 19.1. The minimum absolute atomic E-state index is 0.0249. The summed E-state index contributed by atoms with van der Waals surface area (Å²) in [6.07, 6.45) is 7.01. The maximum atomic E-state index is 13.2. The summed E-state index contributed by atoms with van der Waals surface area (Å²) in [6.45, 7) is 0.246. The van der Waals surface area contributed by atoms with Crippen molar-refractivity contribution in [3.63, 3.8) is 0 Å². The van der Waals surface area contributed by atoms with Crippen molar-refractivity contribution in [2.75, 3.05) is 6.54 Å².